The van der Waals surface area contributed by atoms with Crippen LogP contribution in [0.1, 0.15) is 12.5 Å². The second-order valence-electron chi connectivity index (χ2n) is 4.84. The van der Waals surface area contributed by atoms with E-state index in [2.05, 4.69) is 28.2 Å². The van der Waals surface area contributed by atoms with Crippen LogP contribution in [0.3, 0.4) is 0 Å². The second kappa shape index (κ2) is 6.79. The lowest BCUT2D eigenvalue weighted by Crippen LogP contribution is -2.41. The van der Waals surface area contributed by atoms with Crippen molar-refractivity contribution in [2.45, 2.75) is 23.6 Å². The van der Waals surface area contributed by atoms with Gasteiger partial charge in [-0.3, -0.25) is 0 Å². The lowest BCUT2D eigenvalue weighted by molar-refractivity contribution is 0.424. The van der Waals surface area contributed by atoms with E-state index in [-0.39, 0.29) is 0 Å². The zero-order chi connectivity index (χ0) is 14.8. The molecule has 1 atom stereocenters. The van der Waals surface area contributed by atoms with E-state index in [4.69, 9.17) is 0 Å². The average Bonchev–Trinajstić information content (AvgIpc) is 2.41. The van der Waals surface area contributed by atoms with Gasteiger partial charge < -0.3 is 5.32 Å². The zero-order valence-electron chi connectivity index (χ0n) is 11.6. The Morgan fingerprint density at radius 2 is 2.25 bits per heavy atom. The number of hydrogen-bond acceptors (Lipinski definition) is 4. The van der Waals surface area contributed by atoms with Crippen molar-refractivity contribution >= 4 is 37.7 Å². The van der Waals surface area contributed by atoms with Gasteiger partial charge in [0.25, 0.3) is 0 Å². The van der Waals surface area contributed by atoms with Crippen LogP contribution in [0.25, 0.3) is 0 Å². The summed E-state index contributed by atoms with van der Waals surface area (Å²) in [6, 6.07) is 5.48. The van der Waals surface area contributed by atoms with Crippen LogP contribution in [-0.4, -0.2) is 43.9 Å². The van der Waals surface area contributed by atoms with Crippen molar-refractivity contribution < 1.29 is 8.42 Å². The summed E-state index contributed by atoms with van der Waals surface area (Å²) in [7, 11) is -1.57. The van der Waals surface area contributed by atoms with Crippen molar-refractivity contribution in [2.75, 3.05) is 25.9 Å². The van der Waals surface area contributed by atoms with E-state index >= 15 is 0 Å². The molecule has 0 bridgehead atoms. The average molecular weight is 379 g/mol. The summed E-state index contributed by atoms with van der Waals surface area (Å²) in [6.45, 7) is 3.89. The maximum atomic E-state index is 12.8. The predicted molar refractivity (Wildman–Crippen MR) is 87.6 cm³/mol. The Hall–Kier alpha value is -0.0800. The summed E-state index contributed by atoms with van der Waals surface area (Å²) in [5, 5.41) is 3.39. The third-order valence-electron chi connectivity index (χ3n) is 3.20. The van der Waals surface area contributed by atoms with Gasteiger partial charge in [-0.2, -0.15) is 16.1 Å². The lowest BCUT2D eigenvalue weighted by atomic mass is 10.2. The highest BCUT2D eigenvalue weighted by Gasteiger charge is 2.30. The molecule has 1 unspecified atom stereocenters. The summed E-state index contributed by atoms with van der Waals surface area (Å²) >= 11 is 5.19. The second-order valence-corrected chi connectivity index (χ2v) is 9.15. The van der Waals surface area contributed by atoms with E-state index in [1.807, 2.05) is 30.9 Å². The first-order valence-electron chi connectivity index (χ1n) is 6.50. The van der Waals surface area contributed by atoms with Crippen LogP contribution in [0.4, 0.5) is 0 Å². The molecule has 1 heterocycles. The molecule has 1 N–H and O–H groups in total. The normalized spacial score (nSPS) is 21.1. The van der Waals surface area contributed by atoms with E-state index in [1.165, 1.54) is 0 Å². The van der Waals surface area contributed by atoms with Gasteiger partial charge in [0.2, 0.25) is 10.0 Å². The standard InChI is InChI=1S/C13H19BrN2O2S2/c1-10-9-16(5-6-19-10)20(17,18)13-7-11(8-15-2)3-4-12(13)14/h3-4,7,10,15H,5-6,8-9H2,1-2H3. The molecule has 1 aliphatic rings. The first-order valence-corrected chi connectivity index (χ1v) is 9.78. The van der Waals surface area contributed by atoms with Crippen molar-refractivity contribution in [3.63, 3.8) is 0 Å². The smallest absolute Gasteiger partial charge is 0.244 e. The molecule has 0 saturated carbocycles. The van der Waals surface area contributed by atoms with E-state index < -0.39 is 10.0 Å². The minimum atomic E-state index is -3.42. The van der Waals surface area contributed by atoms with Crippen LogP contribution < -0.4 is 5.32 Å². The molecule has 20 heavy (non-hydrogen) atoms. The minimum absolute atomic E-state index is 0.345. The molecule has 1 aromatic rings. The van der Waals surface area contributed by atoms with Gasteiger partial charge >= 0.3 is 0 Å². The molecule has 0 amide bonds. The molecule has 1 aliphatic heterocycles. The Balaban J connectivity index is 2.35. The molecule has 2 rings (SSSR count). The first-order chi connectivity index (χ1) is 9.45. The van der Waals surface area contributed by atoms with Gasteiger partial charge in [0.1, 0.15) is 0 Å². The van der Waals surface area contributed by atoms with Crippen LogP contribution in [-0.2, 0) is 16.6 Å². The molecule has 1 saturated heterocycles. The largest absolute Gasteiger partial charge is 0.316 e. The van der Waals surface area contributed by atoms with Gasteiger partial charge in [0.15, 0.2) is 0 Å². The van der Waals surface area contributed by atoms with E-state index in [1.54, 1.807) is 10.4 Å². The molecule has 0 spiro atoms. The third kappa shape index (κ3) is 3.57. The Kier molecular flexibility index (Phi) is 5.53. The van der Waals surface area contributed by atoms with Crippen molar-refractivity contribution in [2.24, 2.45) is 0 Å². The van der Waals surface area contributed by atoms with Gasteiger partial charge in [0.05, 0.1) is 4.90 Å². The molecule has 7 heteroatoms. The van der Waals surface area contributed by atoms with Crippen LogP contribution in [0, 0.1) is 0 Å². The monoisotopic (exact) mass is 378 g/mol. The van der Waals surface area contributed by atoms with Crippen LogP contribution in [0.2, 0.25) is 0 Å². The molecule has 0 radical (unpaired) electrons. The summed E-state index contributed by atoms with van der Waals surface area (Å²) < 4.78 is 27.8. The molecule has 112 valence electrons. The van der Waals surface area contributed by atoms with E-state index in [0.29, 0.717) is 34.3 Å². The number of halogens is 1. The third-order valence-corrected chi connectivity index (χ3v) is 7.19. The first kappa shape index (κ1) is 16.3. The topological polar surface area (TPSA) is 49.4 Å². The highest BCUT2D eigenvalue weighted by molar-refractivity contribution is 9.10. The number of benzene rings is 1. The fourth-order valence-electron chi connectivity index (χ4n) is 2.20. The number of sulfonamides is 1. The summed E-state index contributed by atoms with van der Waals surface area (Å²) in [5.41, 5.74) is 0.966. The van der Waals surface area contributed by atoms with E-state index in [0.717, 1.165) is 11.3 Å². The Bertz CT molecular complexity index is 578. The van der Waals surface area contributed by atoms with Crippen molar-refractivity contribution in [1.82, 2.24) is 9.62 Å². The zero-order valence-corrected chi connectivity index (χ0v) is 14.8. The van der Waals surface area contributed by atoms with Crippen molar-refractivity contribution in [3.05, 3.63) is 28.2 Å². The van der Waals surface area contributed by atoms with Crippen molar-refractivity contribution in [3.8, 4) is 0 Å². The van der Waals surface area contributed by atoms with E-state index in [9.17, 15) is 8.42 Å². The summed E-state index contributed by atoms with van der Waals surface area (Å²) in [5.74, 6) is 0.855. The molecule has 4 nitrogen and oxygen atoms in total. The number of thioether (sulfide) groups is 1. The van der Waals surface area contributed by atoms with Crippen LogP contribution in [0.15, 0.2) is 27.6 Å². The summed E-state index contributed by atoms with van der Waals surface area (Å²) in [6.07, 6.45) is 0. The van der Waals surface area contributed by atoms with Crippen LogP contribution >= 0.6 is 27.7 Å². The maximum Gasteiger partial charge on any atom is 0.244 e. The quantitative estimate of drug-likeness (QED) is 0.872. The van der Waals surface area contributed by atoms with Crippen LogP contribution in [0.5, 0.6) is 0 Å². The Morgan fingerprint density at radius 1 is 1.50 bits per heavy atom. The molecular weight excluding hydrogens is 360 g/mol. The molecule has 1 aromatic carbocycles. The highest BCUT2D eigenvalue weighted by atomic mass is 79.9. The van der Waals surface area contributed by atoms with Gasteiger partial charge in [-0.15, -0.1) is 0 Å². The summed E-state index contributed by atoms with van der Waals surface area (Å²) in [4.78, 5) is 0.365. The Morgan fingerprint density at radius 3 is 2.90 bits per heavy atom. The molecule has 0 aliphatic carbocycles. The predicted octanol–water partition coefficient (Wildman–Crippen LogP) is 2.29. The van der Waals surface area contributed by atoms with Gasteiger partial charge in [0, 0.05) is 35.1 Å². The van der Waals surface area contributed by atoms with Gasteiger partial charge in [-0.05, 0) is 40.7 Å². The lowest BCUT2D eigenvalue weighted by Gasteiger charge is -2.30. The fourth-order valence-corrected chi connectivity index (χ4v) is 5.93. The number of nitrogens with one attached hydrogen (secondary N) is 1. The number of rotatable bonds is 4. The van der Waals surface area contributed by atoms with Gasteiger partial charge in [-0.25, -0.2) is 8.42 Å². The molecule has 1 fully saturated rings. The maximum absolute atomic E-state index is 12.8. The Labute approximate surface area is 133 Å². The number of hydrogen-bond donors (Lipinski definition) is 1. The fraction of sp³-hybridized carbons (Fsp3) is 0.538. The van der Waals surface area contributed by atoms with Crippen molar-refractivity contribution in [1.29, 1.82) is 0 Å². The SMILES string of the molecule is CNCc1ccc(Br)c(S(=O)(=O)N2CCSC(C)C2)c1. The molecular formula is C13H19BrN2O2S2. The minimum Gasteiger partial charge on any atom is -0.316 e. The number of nitrogens with zero attached hydrogens (tertiary/aromatic N) is 1. The molecule has 0 aromatic heterocycles. The highest BCUT2D eigenvalue weighted by Crippen LogP contribution is 2.29. The van der Waals surface area contributed by atoms with Gasteiger partial charge in [-0.1, -0.05) is 13.0 Å².